The molecule has 0 atom stereocenters. The van der Waals surface area contributed by atoms with Crippen LogP contribution in [-0.4, -0.2) is 23.9 Å². The SMILES string of the molecule is C=C(C)C(=O)Oc1ccc(C=Cc2ccc(-c3ccc(OC(=O)C(=C)C)c(OC(=O)C(=C)C)c3)c(F)c2)cc1OC(=O)C(=C)C. The van der Waals surface area contributed by atoms with Gasteiger partial charge >= 0.3 is 23.9 Å². The van der Waals surface area contributed by atoms with Crippen molar-refractivity contribution in [1.29, 1.82) is 0 Å². The highest BCUT2D eigenvalue weighted by molar-refractivity contribution is 5.92. The summed E-state index contributed by atoms with van der Waals surface area (Å²) in [5, 5.41) is 0. The third-order valence-electron chi connectivity index (χ3n) is 5.89. The highest BCUT2D eigenvalue weighted by atomic mass is 19.1. The highest BCUT2D eigenvalue weighted by Crippen LogP contribution is 2.35. The first-order valence-corrected chi connectivity index (χ1v) is 13.4. The van der Waals surface area contributed by atoms with Crippen molar-refractivity contribution in [3.05, 3.63) is 120 Å². The molecular weight excluding hydrogens is 579 g/mol. The molecule has 45 heavy (non-hydrogen) atoms. The minimum Gasteiger partial charge on any atom is -0.419 e. The lowest BCUT2D eigenvalue weighted by Gasteiger charge is -2.13. The van der Waals surface area contributed by atoms with Gasteiger partial charge in [0.05, 0.1) is 0 Å². The molecule has 0 saturated carbocycles. The Bertz CT molecular complexity index is 1790. The Hall–Kier alpha value is -5.83. The molecule has 0 aliphatic rings. The van der Waals surface area contributed by atoms with E-state index in [1.165, 1.54) is 70.2 Å². The molecule has 3 aromatic rings. The average Bonchev–Trinajstić information content (AvgIpc) is 2.97. The number of carbonyl (C=O) groups is 4. The van der Waals surface area contributed by atoms with Gasteiger partial charge in [0.1, 0.15) is 5.82 Å². The second kappa shape index (κ2) is 14.6. The molecule has 0 saturated heterocycles. The zero-order valence-electron chi connectivity index (χ0n) is 25.3. The minimum absolute atomic E-state index is 0.0122. The van der Waals surface area contributed by atoms with E-state index < -0.39 is 29.7 Å². The molecule has 0 aliphatic carbocycles. The van der Waals surface area contributed by atoms with Crippen LogP contribution in [0.5, 0.6) is 23.0 Å². The molecule has 0 aromatic heterocycles. The van der Waals surface area contributed by atoms with Gasteiger partial charge in [-0.3, -0.25) is 0 Å². The number of benzene rings is 3. The highest BCUT2D eigenvalue weighted by Gasteiger charge is 2.18. The van der Waals surface area contributed by atoms with Crippen molar-refractivity contribution in [2.24, 2.45) is 0 Å². The van der Waals surface area contributed by atoms with E-state index in [0.29, 0.717) is 16.7 Å². The van der Waals surface area contributed by atoms with Crippen LogP contribution in [0.15, 0.2) is 103 Å². The van der Waals surface area contributed by atoms with Crippen molar-refractivity contribution in [1.82, 2.24) is 0 Å². The van der Waals surface area contributed by atoms with Crippen LogP contribution in [0, 0.1) is 5.82 Å². The Morgan fingerprint density at radius 3 is 1.36 bits per heavy atom. The van der Waals surface area contributed by atoms with Gasteiger partial charge < -0.3 is 18.9 Å². The average molecular weight is 611 g/mol. The fourth-order valence-corrected chi connectivity index (χ4v) is 3.44. The maximum absolute atomic E-state index is 15.3. The first-order chi connectivity index (χ1) is 21.2. The number of ether oxygens (including phenoxy) is 4. The lowest BCUT2D eigenvalue weighted by molar-refractivity contribution is -0.132. The minimum atomic E-state index is -0.750. The van der Waals surface area contributed by atoms with E-state index in [1.54, 1.807) is 24.3 Å². The lowest BCUT2D eigenvalue weighted by Crippen LogP contribution is -2.12. The van der Waals surface area contributed by atoms with Crippen molar-refractivity contribution < 1.29 is 42.5 Å². The maximum Gasteiger partial charge on any atom is 0.338 e. The monoisotopic (exact) mass is 610 g/mol. The second-order valence-electron chi connectivity index (χ2n) is 10.1. The first-order valence-electron chi connectivity index (χ1n) is 13.4. The number of hydrogen-bond donors (Lipinski definition) is 0. The van der Waals surface area contributed by atoms with Crippen LogP contribution in [0.4, 0.5) is 4.39 Å². The molecule has 0 fully saturated rings. The Kier molecular flexibility index (Phi) is 10.9. The number of halogens is 1. The molecule has 0 N–H and O–H groups in total. The number of rotatable bonds is 11. The van der Waals surface area contributed by atoms with Gasteiger partial charge in [0.15, 0.2) is 23.0 Å². The quantitative estimate of drug-likeness (QED) is 0.0947. The van der Waals surface area contributed by atoms with Crippen LogP contribution < -0.4 is 18.9 Å². The second-order valence-corrected chi connectivity index (χ2v) is 10.1. The van der Waals surface area contributed by atoms with Crippen LogP contribution >= 0.6 is 0 Å². The van der Waals surface area contributed by atoms with Crippen molar-refractivity contribution in [3.8, 4) is 34.1 Å². The molecule has 230 valence electrons. The van der Waals surface area contributed by atoms with Crippen LogP contribution in [0.1, 0.15) is 38.8 Å². The van der Waals surface area contributed by atoms with Gasteiger partial charge in [-0.15, -0.1) is 0 Å². The summed E-state index contributed by atoms with van der Waals surface area (Å²) in [4.78, 5) is 48.5. The summed E-state index contributed by atoms with van der Waals surface area (Å²) < 4.78 is 36.6. The van der Waals surface area contributed by atoms with Gasteiger partial charge in [0.25, 0.3) is 0 Å². The van der Waals surface area contributed by atoms with Crippen molar-refractivity contribution in [3.63, 3.8) is 0 Å². The van der Waals surface area contributed by atoms with E-state index in [1.807, 2.05) is 0 Å². The van der Waals surface area contributed by atoms with Gasteiger partial charge in [-0.2, -0.15) is 0 Å². The van der Waals surface area contributed by atoms with E-state index in [9.17, 15) is 19.2 Å². The van der Waals surface area contributed by atoms with E-state index in [4.69, 9.17) is 18.9 Å². The summed E-state index contributed by atoms with van der Waals surface area (Å²) in [5.41, 5.74) is 2.15. The van der Waals surface area contributed by atoms with Crippen LogP contribution in [0.2, 0.25) is 0 Å². The summed E-state index contributed by atoms with van der Waals surface area (Å²) >= 11 is 0. The zero-order chi connectivity index (χ0) is 33.4. The smallest absolute Gasteiger partial charge is 0.338 e. The largest absolute Gasteiger partial charge is 0.419 e. The molecule has 3 aromatic carbocycles. The molecule has 0 unspecified atom stereocenters. The fraction of sp³-hybridized carbons (Fsp3) is 0.111. The molecule has 0 bridgehead atoms. The van der Waals surface area contributed by atoms with Crippen LogP contribution in [-0.2, 0) is 19.2 Å². The molecule has 0 heterocycles. The van der Waals surface area contributed by atoms with Crippen molar-refractivity contribution >= 4 is 36.0 Å². The number of esters is 4. The summed E-state index contributed by atoms with van der Waals surface area (Å²) in [7, 11) is 0. The van der Waals surface area contributed by atoms with E-state index in [-0.39, 0.29) is 50.9 Å². The Balaban J connectivity index is 1.92. The molecule has 8 nitrogen and oxygen atoms in total. The lowest BCUT2D eigenvalue weighted by atomic mass is 10.0. The Morgan fingerprint density at radius 1 is 0.533 bits per heavy atom. The maximum atomic E-state index is 15.3. The summed E-state index contributed by atoms with van der Waals surface area (Å²) in [5.74, 6) is -3.60. The number of hydrogen-bond acceptors (Lipinski definition) is 8. The summed E-state index contributed by atoms with van der Waals surface area (Å²) in [6.07, 6.45) is 3.28. The van der Waals surface area contributed by atoms with Crippen molar-refractivity contribution in [2.45, 2.75) is 27.7 Å². The van der Waals surface area contributed by atoms with Crippen LogP contribution in [0.25, 0.3) is 23.3 Å². The Morgan fingerprint density at radius 2 is 0.911 bits per heavy atom. The molecule has 0 radical (unpaired) electrons. The predicted molar refractivity (Wildman–Crippen MR) is 169 cm³/mol. The standard InChI is InChI=1S/C36H31FO8/c1-20(2)33(38)42-29-15-12-25(18-31(29)44-35(40)22(5)6)10-9-24-11-14-27(28(37)17-24)26-13-16-30(43-34(39)21(3)4)32(19-26)45-36(41)23(7)8/h9-19H,1,3,5,7H2,2,4,6,8H3. The summed E-state index contributed by atoms with van der Waals surface area (Å²) in [6, 6.07) is 13.3. The van der Waals surface area contributed by atoms with E-state index in [0.717, 1.165) is 0 Å². The van der Waals surface area contributed by atoms with Gasteiger partial charge in [-0.05, 0) is 74.7 Å². The normalized spacial score (nSPS) is 10.5. The van der Waals surface area contributed by atoms with E-state index in [2.05, 4.69) is 26.3 Å². The third kappa shape index (κ3) is 9.08. The topological polar surface area (TPSA) is 105 Å². The van der Waals surface area contributed by atoms with Crippen LogP contribution in [0.3, 0.4) is 0 Å². The molecule has 0 aliphatic heterocycles. The predicted octanol–water partition coefficient (Wildman–Crippen LogP) is 7.59. The zero-order valence-corrected chi connectivity index (χ0v) is 25.3. The van der Waals surface area contributed by atoms with Gasteiger partial charge in [-0.1, -0.05) is 62.7 Å². The molecule has 3 rings (SSSR count). The van der Waals surface area contributed by atoms with Gasteiger partial charge in [0.2, 0.25) is 0 Å². The van der Waals surface area contributed by atoms with Gasteiger partial charge in [-0.25, -0.2) is 23.6 Å². The molecular formula is C36H31FO8. The van der Waals surface area contributed by atoms with Crippen molar-refractivity contribution in [2.75, 3.05) is 0 Å². The molecule has 9 heteroatoms. The molecule has 0 spiro atoms. The van der Waals surface area contributed by atoms with Gasteiger partial charge in [0, 0.05) is 27.9 Å². The third-order valence-corrected chi connectivity index (χ3v) is 5.89. The number of carbonyl (C=O) groups excluding carboxylic acids is 4. The van der Waals surface area contributed by atoms with E-state index >= 15 is 4.39 Å². The fourth-order valence-electron chi connectivity index (χ4n) is 3.44. The first kappa shape index (κ1) is 33.7. The molecule has 0 amide bonds. The Labute approximate surface area is 260 Å². The summed E-state index contributed by atoms with van der Waals surface area (Å²) in [6.45, 7) is 20.1.